The van der Waals surface area contributed by atoms with E-state index in [1.54, 1.807) is 18.2 Å². The van der Waals surface area contributed by atoms with Crippen LogP contribution in [0.4, 0.5) is 5.69 Å². The molecular formula is C20H21NO3S. The molecule has 130 valence electrons. The van der Waals surface area contributed by atoms with Crippen LogP contribution in [-0.2, 0) is 11.2 Å². The molecule has 0 heterocycles. The molecule has 2 aromatic rings. The van der Waals surface area contributed by atoms with E-state index in [9.17, 15) is 14.7 Å². The summed E-state index contributed by atoms with van der Waals surface area (Å²) in [6.45, 7) is 0. The Morgan fingerprint density at radius 2 is 1.72 bits per heavy atom. The molecule has 0 bridgehead atoms. The Morgan fingerprint density at radius 1 is 1.04 bits per heavy atom. The van der Waals surface area contributed by atoms with Crippen molar-refractivity contribution >= 4 is 29.3 Å². The van der Waals surface area contributed by atoms with Gasteiger partial charge in [-0.2, -0.15) is 0 Å². The first-order valence-corrected chi connectivity index (χ1v) is 9.38. The molecule has 2 aromatic carbocycles. The minimum absolute atomic E-state index is 0.0465. The molecule has 0 aromatic heterocycles. The van der Waals surface area contributed by atoms with E-state index in [0.717, 1.165) is 10.6 Å². The van der Waals surface area contributed by atoms with Gasteiger partial charge in [0.1, 0.15) is 0 Å². The molecule has 0 aliphatic heterocycles. The van der Waals surface area contributed by atoms with E-state index in [1.165, 1.54) is 31.7 Å². The predicted molar refractivity (Wildman–Crippen MR) is 100 cm³/mol. The highest BCUT2D eigenvalue weighted by molar-refractivity contribution is 8.00. The SMILES string of the molecule is O=C(Cc1ccccc1C(=O)O)Nc1ccccc1SC1CCCC1. The smallest absolute Gasteiger partial charge is 0.335 e. The van der Waals surface area contributed by atoms with Crippen LogP contribution in [0.1, 0.15) is 41.6 Å². The second kappa shape index (κ2) is 8.21. The molecule has 5 heteroatoms. The maximum absolute atomic E-state index is 12.4. The summed E-state index contributed by atoms with van der Waals surface area (Å²) in [6.07, 6.45) is 5.04. The molecule has 1 amide bonds. The van der Waals surface area contributed by atoms with Gasteiger partial charge in [0, 0.05) is 10.1 Å². The van der Waals surface area contributed by atoms with Gasteiger partial charge in [-0.15, -0.1) is 11.8 Å². The third-order valence-electron chi connectivity index (χ3n) is 4.36. The number of para-hydroxylation sites is 1. The van der Waals surface area contributed by atoms with Gasteiger partial charge in [0.15, 0.2) is 0 Å². The second-order valence-corrected chi connectivity index (χ2v) is 7.55. The number of carboxylic acid groups (broad SMARTS) is 1. The van der Waals surface area contributed by atoms with Crippen molar-refractivity contribution in [3.05, 3.63) is 59.7 Å². The summed E-state index contributed by atoms with van der Waals surface area (Å²) in [5.41, 5.74) is 1.50. The molecule has 25 heavy (non-hydrogen) atoms. The molecule has 1 fully saturated rings. The fourth-order valence-electron chi connectivity index (χ4n) is 3.11. The minimum Gasteiger partial charge on any atom is -0.478 e. The van der Waals surface area contributed by atoms with E-state index in [-0.39, 0.29) is 17.9 Å². The molecular weight excluding hydrogens is 334 g/mol. The Labute approximate surface area is 151 Å². The van der Waals surface area contributed by atoms with Gasteiger partial charge in [0.05, 0.1) is 17.7 Å². The van der Waals surface area contributed by atoms with E-state index < -0.39 is 5.97 Å². The van der Waals surface area contributed by atoms with E-state index in [1.807, 2.05) is 36.0 Å². The number of anilines is 1. The van der Waals surface area contributed by atoms with E-state index in [4.69, 9.17) is 0 Å². The molecule has 1 aliphatic rings. The number of thioether (sulfide) groups is 1. The quantitative estimate of drug-likeness (QED) is 0.795. The molecule has 0 saturated heterocycles. The van der Waals surface area contributed by atoms with E-state index in [0.29, 0.717) is 10.8 Å². The molecule has 1 saturated carbocycles. The van der Waals surface area contributed by atoms with Crippen molar-refractivity contribution in [3.63, 3.8) is 0 Å². The van der Waals surface area contributed by atoms with Crippen molar-refractivity contribution in [2.75, 3.05) is 5.32 Å². The van der Waals surface area contributed by atoms with Crippen LogP contribution in [0.25, 0.3) is 0 Å². The minimum atomic E-state index is -1.01. The lowest BCUT2D eigenvalue weighted by atomic mass is 10.0. The lowest BCUT2D eigenvalue weighted by Crippen LogP contribution is -2.17. The van der Waals surface area contributed by atoms with Crippen LogP contribution < -0.4 is 5.32 Å². The van der Waals surface area contributed by atoms with Crippen molar-refractivity contribution in [2.45, 2.75) is 42.2 Å². The van der Waals surface area contributed by atoms with Crippen LogP contribution in [-0.4, -0.2) is 22.2 Å². The number of nitrogens with one attached hydrogen (secondary N) is 1. The molecule has 0 radical (unpaired) electrons. The first-order valence-electron chi connectivity index (χ1n) is 8.50. The Balaban J connectivity index is 1.70. The Morgan fingerprint density at radius 3 is 2.48 bits per heavy atom. The van der Waals surface area contributed by atoms with Gasteiger partial charge in [0.2, 0.25) is 5.91 Å². The van der Waals surface area contributed by atoms with Crippen LogP contribution >= 0.6 is 11.8 Å². The fraction of sp³-hybridized carbons (Fsp3) is 0.300. The number of hydrogen-bond donors (Lipinski definition) is 2. The molecule has 0 unspecified atom stereocenters. The first-order chi connectivity index (χ1) is 12.1. The topological polar surface area (TPSA) is 66.4 Å². The number of hydrogen-bond acceptors (Lipinski definition) is 3. The monoisotopic (exact) mass is 355 g/mol. The van der Waals surface area contributed by atoms with Gasteiger partial charge in [-0.05, 0) is 36.6 Å². The molecule has 4 nitrogen and oxygen atoms in total. The molecule has 0 spiro atoms. The van der Waals surface area contributed by atoms with E-state index in [2.05, 4.69) is 5.32 Å². The number of benzene rings is 2. The summed E-state index contributed by atoms with van der Waals surface area (Å²) in [4.78, 5) is 24.8. The van der Waals surface area contributed by atoms with Crippen LogP contribution in [0.2, 0.25) is 0 Å². The average Bonchev–Trinajstić information content (AvgIpc) is 3.10. The third-order valence-corrected chi connectivity index (χ3v) is 5.77. The van der Waals surface area contributed by atoms with Crippen LogP contribution in [0.3, 0.4) is 0 Å². The van der Waals surface area contributed by atoms with Crippen molar-refractivity contribution in [2.24, 2.45) is 0 Å². The number of carbonyl (C=O) groups is 2. The van der Waals surface area contributed by atoms with Crippen molar-refractivity contribution < 1.29 is 14.7 Å². The summed E-state index contributed by atoms with van der Waals surface area (Å²) >= 11 is 1.83. The zero-order valence-corrected chi connectivity index (χ0v) is 14.7. The summed E-state index contributed by atoms with van der Waals surface area (Å²) in [5.74, 6) is -1.21. The fourth-order valence-corrected chi connectivity index (χ4v) is 4.44. The second-order valence-electron chi connectivity index (χ2n) is 6.21. The van der Waals surface area contributed by atoms with Crippen LogP contribution in [0.5, 0.6) is 0 Å². The maximum atomic E-state index is 12.4. The lowest BCUT2D eigenvalue weighted by molar-refractivity contribution is -0.115. The number of aromatic carboxylic acids is 1. The van der Waals surface area contributed by atoms with Gasteiger partial charge in [-0.3, -0.25) is 4.79 Å². The van der Waals surface area contributed by atoms with Crippen molar-refractivity contribution in [1.29, 1.82) is 0 Å². The van der Waals surface area contributed by atoms with Crippen LogP contribution in [0, 0.1) is 0 Å². The Kier molecular flexibility index (Phi) is 5.76. The Bertz CT molecular complexity index is 769. The van der Waals surface area contributed by atoms with Crippen molar-refractivity contribution in [3.8, 4) is 0 Å². The number of rotatable bonds is 6. The summed E-state index contributed by atoms with van der Waals surface area (Å²) in [5, 5.41) is 12.8. The van der Waals surface area contributed by atoms with Crippen molar-refractivity contribution in [1.82, 2.24) is 0 Å². The number of amides is 1. The standard InChI is InChI=1S/C20H21NO3S/c22-19(13-14-7-1-4-10-16(14)20(23)24)21-17-11-5-6-12-18(17)25-15-8-2-3-9-15/h1,4-7,10-12,15H,2-3,8-9,13H2,(H,21,22)(H,23,24). The van der Waals surface area contributed by atoms with Gasteiger partial charge in [-0.25, -0.2) is 4.79 Å². The highest BCUT2D eigenvalue weighted by atomic mass is 32.2. The highest BCUT2D eigenvalue weighted by Gasteiger charge is 2.18. The largest absolute Gasteiger partial charge is 0.478 e. The Hall–Kier alpha value is -2.27. The van der Waals surface area contributed by atoms with E-state index >= 15 is 0 Å². The molecule has 0 atom stereocenters. The third kappa shape index (κ3) is 4.63. The van der Waals surface area contributed by atoms with Gasteiger partial charge in [0.25, 0.3) is 0 Å². The molecule has 1 aliphatic carbocycles. The lowest BCUT2D eigenvalue weighted by Gasteiger charge is -2.14. The molecule has 2 N–H and O–H groups in total. The molecule has 3 rings (SSSR count). The number of carbonyl (C=O) groups excluding carboxylic acids is 1. The van der Waals surface area contributed by atoms with Gasteiger partial charge in [-0.1, -0.05) is 43.2 Å². The number of carboxylic acids is 1. The zero-order chi connectivity index (χ0) is 17.6. The van der Waals surface area contributed by atoms with Gasteiger partial charge >= 0.3 is 5.97 Å². The van der Waals surface area contributed by atoms with Gasteiger partial charge < -0.3 is 10.4 Å². The van der Waals surface area contributed by atoms with Crippen LogP contribution in [0.15, 0.2) is 53.4 Å². The highest BCUT2D eigenvalue weighted by Crippen LogP contribution is 2.38. The summed E-state index contributed by atoms with van der Waals surface area (Å²) < 4.78 is 0. The maximum Gasteiger partial charge on any atom is 0.335 e. The zero-order valence-electron chi connectivity index (χ0n) is 13.9. The average molecular weight is 355 g/mol. The summed E-state index contributed by atoms with van der Waals surface area (Å²) in [7, 11) is 0. The predicted octanol–water partition coefficient (Wildman–Crippen LogP) is 4.60. The normalized spacial score (nSPS) is 14.4. The first kappa shape index (κ1) is 17.5. The summed E-state index contributed by atoms with van der Waals surface area (Å²) in [6, 6.07) is 14.4.